The van der Waals surface area contributed by atoms with Crippen molar-refractivity contribution in [3.8, 4) is 0 Å². The first-order valence-corrected chi connectivity index (χ1v) is 8.78. The first-order valence-electron chi connectivity index (χ1n) is 7.49. The molecule has 3 nitrogen and oxygen atoms in total. The lowest BCUT2D eigenvalue weighted by Gasteiger charge is -2.29. The van der Waals surface area contributed by atoms with Crippen LogP contribution in [-0.4, -0.2) is 30.0 Å². The summed E-state index contributed by atoms with van der Waals surface area (Å²) in [5.41, 5.74) is 5.78. The van der Waals surface area contributed by atoms with Crippen molar-refractivity contribution in [3.05, 3.63) is 0 Å². The molecule has 1 fully saturated rings. The van der Waals surface area contributed by atoms with Crippen LogP contribution in [0.5, 0.6) is 0 Å². The van der Waals surface area contributed by atoms with Crippen LogP contribution in [0.15, 0.2) is 0 Å². The van der Waals surface area contributed by atoms with Crippen LogP contribution in [-0.2, 0) is 4.79 Å². The highest BCUT2D eigenvalue weighted by Gasteiger charge is 2.23. The molecule has 1 saturated carbocycles. The summed E-state index contributed by atoms with van der Waals surface area (Å²) in [6.07, 6.45) is 9.50. The molecular weight excluding hydrogens is 256 g/mol. The standard InChI is InChI=1S/C15H30N2OS/c1-15(2,10-11-16)9-8-14(18)17-12-4-6-13(19-3)7-5-12/h12-13H,4-11,16H2,1-3H3,(H,17,18). The maximum atomic E-state index is 12.0. The van der Waals surface area contributed by atoms with Crippen molar-refractivity contribution in [2.24, 2.45) is 11.1 Å². The molecule has 112 valence electrons. The monoisotopic (exact) mass is 286 g/mol. The summed E-state index contributed by atoms with van der Waals surface area (Å²) in [6.45, 7) is 5.08. The highest BCUT2D eigenvalue weighted by molar-refractivity contribution is 7.99. The molecule has 1 aliphatic carbocycles. The Morgan fingerprint density at radius 3 is 2.42 bits per heavy atom. The lowest BCUT2D eigenvalue weighted by molar-refractivity contribution is -0.122. The maximum absolute atomic E-state index is 12.0. The van der Waals surface area contributed by atoms with Crippen LogP contribution in [0.4, 0.5) is 0 Å². The van der Waals surface area contributed by atoms with Gasteiger partial charge in [0.2, 0.25) is 5.91 Å². The summed E-state index contributed by atoms with van der Waals surface area (Å²) in [6, 6.07) is 0.411. The fourth-order valence-corrected chi connectivity index (χ4v) is 3.45. The minimum absolute atomic E-state index is 0.183. The summed E-state index contributed by atoms with van der Waals surface area (Å²) in [4.78, 5) is 12.0. The van der Waals surface area contributed by atoms with Gasteiger partial charge < -0.3 is 11.1 Å². The van der Waals surface area contributed by atoms with E-state index >= 15 is 0 Å². The lowest BCUT2D eigenvalue weighted by Crippen LogP contribution is -2.38. The molecule has 3 N–H and O–H groups in total. The normalized spacial score (nSPS) is 24.2. The Bertz CT molecular complexity index is 273. The third-order valence-electron chi connectivity index (χ3n) is 4.22. The van der Waals surface area contributed by atoms with E-state index in [1.165, 1.54) is 12.8 Å². The Hall–Kier alpha value is -0.220. The molecule has 19 heavy (non-hydrogen) atoms. The molecule has 0 atom stereocenters. The van der Waals surface area contributed by atoms with Gasteiger partial charge in [0.05, 0.1) is 0 Å². The van der Waals surface area contributed by atoms with E-state index in [-0.39, 0.29) is 11.3 Å². The number of nitrogens with two attached hydrogens (primary N) is 1. The fourth-order valence-electron chi connectivity index (χ4n) is 2.71. The second kappa shape index (κ2) is 8.15. The van der Waals surface area contributed by atoms with Crippen molar-refractivity contribution >= 4 is 17.7 Å². The highest BCUT2D eigenvalue weighted by Crippen LogP contribution is 2.28. The Balaban J connectivity index is 2.21. The molecule has 0 aromatic rings. The largest absolute Gasteiger partial charge is 0.353 e. The van der Waals surface area contributed by atoms with Gasteiger partial charge in [0.25, 0.3) is 0 Å². The number of carbonyl (C=O) groups excluding carboxylic acids is 1. The van der Waals surface area contributed by atoms with Crippen LogP contribution < -0.4 is 11.1 Å². The first-order chi connectivity index (χ1) is 8.96. The number of nitrogens with one attached hydrogen (secondary N) is 1. The van der Waals surface area contributed by atoms with Gasteiger partial charge in [-0.05, 0) is 56.7 Å². The summed E-state index contributed by atoms with van der Waals surface area (Å²) in [5, 5.41) is 4.00. The van der Waals surface area contributed by atoms with E-state index < -0.39 is 0 Å². The Morgan fingerprint density at radius 2 is 1.89 bits per heavy atom. The Labute approximate surface area is 122 Å². The smallest absolute Gasteiger partial charge is 0.220 e. The fraction of sp³-hybridized carbons (Fsp3) is 0.933. The third kappa shape index (κ3) is 6.66. The van der Waals surface area contributed by atoms with Gasteiger partial charge in [0, 0.05) is 17.7 Å². The van der Waals surface area contributed by atoms with Crippen molar-refractivity contribution in [3.63, 3.8) is 0 Å². The summed E-state index contributed by atoms with van der Waals surface area (Å²) in [5.74, 6) is 0.220. The lowest BCUT2D eigenvalue weighted by atomic mass is 9.84. The van der Waals surface area contributed by atoms with E-state index in [1.54, 1.807) is 0 Å². The molecule has 0 unspecified atom stereocenters. The third-order valence-corrected chi connectivity index (χ3v) is 5.36. The van der Waals surface area contributed by atoms with Crippen LogP contribution in [0.3, 0.4) is 0 Å². The quantitative estimate of drug-likeness (QED) is 0.756. The van der Waals surface area contributed by atoms with Crippen LogP contribution in [0.25, 0.3) is 0 Å². The van der Waals surface area contributed by atoms with Crippen LogP contribution >= 0.6 is 11.8 Å². The Morgan fingerprint density at radius 1 is 1.26 bits per heavy atom. The summed E-state index contributed by atoms with van der Waals surface area (Å²) in [7, 11) is 0. The molecule has 0 saturated heterocycles. The van der Waals surface area contributed by atoms with Crippen molar-refractivity contribution in [2.75, 3.05) is 12.8 Å². The van der Waals surface area contributed by atoms with Gasteiger partial charge in [-0.1, -0.05) is 13.8 Å². The molecule has 0 radical (unpaired) electrons. The number of carbonyl (C=O) groups is 1. The minimum atomic E-state index is 0.183. The first kappa shape index (κ1) is 16.8. The van der Waals surface area contributed by atoms with E-state index in [0.29, 0.717) is 19.0 Å². The number of hydrogen-bond acceptors (Lipinski definition) is 3. The van der Waals surface area contributed by atoms with Gasteiger partial charge in [-0.15, -0.1) is 0 Å². The van der Waals surface area contributed by atoms with Gasteiger partial charge in [0.1, 0.15) is 0 Å². The number of amides is 1. The number of hydrogen-bond donors (Lipinski definition) is 2. The van der Waals surface area contributed by atoms with Gasteiger partial charge >= 0.3 is 0 Å². The van der Waals surface area contributed by atoms with E-state index in [9.17, 15) is 4.79 Å². The molecule has 0 heterocycles. The zero-order valence-corrected chi connectivity index (χ0v) is 13.5. The number of rotatable bonds is 7. The average molecular weight is 286 g/mol. The topological polar surface area (TPSA) is 55.1 Å². The number of thioether (sulfide) groups is 1. The molecule has 1 aliphatic rings. The van der Waals surface area contributed by atoms with E-state index in [0.717, 1.165) is 30.9 Å². The van der Waals surface area contributed by atoms with Crippen LogP contribution in [0, 0.1) is 5.41 Å². The SMILES string of the molecule is CSC1CCC(NC(=O)CCC(C)(C)CCN)CC1. The van der Waals surface area contributed by atoms with Crippen molar-refractivity contribution in [1.29, 1.82) is 0 Å². The second-order valence-corrected chi connectivity index (χ2v) is 7.62. The maximum Gasteiger partial charge on any atom is 0.220 e. The predicted octanol–water partition coefficient (Wildman–Crippen LogP) is 2.93. The molecular formula is C15H30N2OS. The molecule has 1 rings (SSSR count). The molecule has 0 aliphatic heterocycles. The molecule has 0 bridgehead atoms. The van der Waals surface area contributed by atoms with Crippen molar-refractivity contribution in [1.82, 2.24) is 5.32 Å². The van der Waals surface area contributed by atoms with Crippen molar-refractivity contribution < 1.29 is 4.79 Å². The zero-order valence-electron chi connectivity index (χ0n) is 12.7. The van der Waals surface area contributed by atoms with E-state index in [4.69, 9.17) is 5.73 Å². The molecule has 4 heteroatoms. The van der Waals surface area contributed by atoms with Gasteiger partial charge in [0.15, 0.2) is 0 Å². The highest BCUT2D eigenvalue weighted by atomic mass is 32.2. The molecule has 1 amide bonds. The average Bonchev–Trinajstić information content (AvgIpc) is 2.37. The van der Waals surface area contributed by atoms with E-state index in [2.05, 4.69) is 25.4 Å². The van der Waals surface area contributed by atoms with Crippen molar-refractivity contribution in [2.45, 2.75) is 70.1 Å². The predicted molar refractivity (Wildman–Crippen MR) is 84.4 cm³/mol. The van der Waals surface area contributed by atoms with Gasteiger partial charge in [-0.3, -0.25) is 4.79 Å². The van der Waals surface area contributed by atoms with Crippen LogP contribution in [0.2, 0.25) is 0 Å². The van der Waals surface area contributed by atoms with E-state index in [1.807, 2.05) is 11.8 Å². The van der Waals surface area contributed by atoms with Gasteiger partial charge in [-0.2, -0.15) is 11.8 Å². The zero-order chi connectivity index (χ0) is 14.3. The van der Waals surface area contributed by atoms with Gasteiger partial charge in [-0.25, -0.2) is 0 Å². The molecule has 0 aromatic carbocycles. The summed E-state index contributed by atoms with van der Waals surface area (Å²) >= 11 is 1.96. The Kier molecular flexibility index (Phi) is 7.22. The molecule has 0 spiro atoms. The second-order valence-electron chi connectivity index (χ2n) is 6.48. The van der Waals surface area contributed by atoms with Crippen LogP contribution in [0.1, 0.15) is 58.8 Å². The summed E-state index contributed by atoms with van der Waals surface area (Å²) < 4.78 is 0. The minimum Gasteiger partial charge on any atom is -0.353 e. The molecule has 0 aromatic heterocycles.